The second-order valence-electron chi connectivity index (χ2n) is 12.4. The van der Waals surface area contributed by atoms with Gasteiger partial charge < -0.3 is 8.74 Å². The second kappa shape index (κ2) is 11.5. The maximum absolute atomic E-state index is 14.1. The van der Waals surface area contributed by atoms with E-state index >= 15 is 0 Å². The minimum absolute atomic E-state index is 0.0503. The Labute approximate surface area is 235 Å². The average molecular weight is 576 g/mol. The SMILES string of the molecule is CC(C)c1cc(C(C)C)c(S(=O)(=O)Oc2cc(C3CCCC3)c(S(=O)(=O)[O-])c(C3CCCC3)c2)c(C(C)C)c1. The fourth-order valence-electron chi connectivity index (χ4n) is 6.41. The Bertz CT molecular complexity index is 1340. The molecule has 2 aromatic rings. The van der Waals surface area contributed by atoms with Crippen LogP contribution in [0, 0.1) is 0 Å². The Kier molecular flexibility index (Phi) is 8.89. The Balaban J connectivity index is 1.92. The Morgan fingerprint density at radius 3 is 1.41 bits per heavy atom. The van der Waals surface area contributed by atoms with E-state index in [1.807, 2.05) is 39.8 Å². The van der Waals surface area contributed by atoms with E-state index in [1.165, 1.54) is 12.1 Å². The van der Waals surface area contributed by atoms with Gasteiger partial charge in [-0.25, -0.2) is 8.42 Å². The molecule has 2 fully saturated rings. The molecule has 0 aliphatic heterocycles. The summed E-state index contributed by atoms with van der Waals surface area (Å²) < 4.78 is 71.9. The third-order valence-corrected chi connectivity index (χ3v) is 10.8. The van der Waals surface area contributed by atoms with Crippen LogP contribution in [0.25, 0.3) is 0 Å². The fourth-order valence-corrected chi connectivity index (χ4v) is 9.04. The van der Waals surface area contributed by atoms with Crippen molar-refractivity contribution < 1.29 is 25.6 Å². The molecule has 0 radical (unpaired) electrons. The Morgan fingerprint density at radius 1 is 0.667 bits per heavy atom. The Hall–Kier alpha value is -1.90. The van der Waals surface area contributed by atoms with Gasteiger partial charge in [0, 0.05) is 0 Å². The van der Waals surface area contributed by atoms with E-state index < -0.39 is 20.2 Å². The number of benzene rings is 2. The zero-order valence-corrected chi connectivity index (χ0v) is 25.8. The first-order valence-corrected chi connectivity index (χ1v) is 17.3. The van der Waals surface area contributed by atoms with E-state index in [0.29, 0.717) is 11.1 Å². The maximum atomic E-state index is 14.1. The van der Waals surface area contributed by atoms with Gasteiger partial charge in [-0.15, -0.1) is 0 Å². The standard InChI is InChI=1S/C31H44O6S2/c1-19(2)24-15-26(20(3)4)31(27(16-24)21(5)6)39(35,36)37-25-17-28(22-11-7-8-12-22)30(38(32,33)34)29(18-25)23-13-9-10-14-23/h15-23H,7-14H2,1-6H3,(H,32,33,34)/p-1. The molecule has 216 valence electrons. The smallest absolute Gasteiger partial charge is 0.339 e. The molecule has 0 aromatic heterocycles. The van der Waals surface area contributed by atoms with Crippen LogP contribution < -0.4 is 4.18 Å². The van der Waals surface area contributed by atoms with E-state index in [2.05, 4.69) is 13.8 Å². The Morgan fingerprint density at radius 2 is 1.08 bits per heavy atom. The third kappa shape index (κ3) is 6.38. The minimum Gasteiger partial charge on any atom is -0.744 e. The summed E-state index contributed by atoms with van der Waals surface area (Å²) in [5.74, 6) is 0.0397. The van der Waals surface area contributed by atoms with Crippen molar-refractivity contribution in [2.24, 2.45) is 0 Å². The lowest BCUT2D eigenvalue weighted by Crippen LogP contribution is -2.18. The fraction of sp³-hybridized carbons (Fsp3) is 0.613. The van der Waals surface area contributed by atoms with E-state index in [0.717, 1.165) is 68.1 Å². The predicted molar refractivity (Wildman–Crippen MR) is 153 cm³/mol. The first-order chi connectivity index (χ1) is 18.2. The van der Waals surface area contributed by atoms with Crippen LogP contribution >= 0.6 is 0 Å². The van der Waals surface area contributed by atoms with E-state index in [1.54, 1.807) is 0 Å². The summed E-state index contributed by atoms with van der Waals surface area (Å²) in [5.41, 5.74) is 3.38. The van der Waals surface area contributed by atoms with Gasteiger partial charge in [0.1, 0.15) is 20.8 Å². The van der Waals surface area contributed by atoms with Crippen molar-refractivity contribution in [3.05, 3.63) is 52.1 Å². The lowest BCUT2D eigenvalue weighted by Gasteiger charge is -2.26. The van der Waals surface area contributed by atoms with Gasteiger partial charge in [-0.2, -0.15) is 8.42 Å². The van der Waals surface area contributed by atoms with Crippen molar-refractivity contribution in [1.82, 2.24) is 0 Å². The van der Waals surface area contributed by atoms with Gasteiger partial charge in [0.05, 0.1) is 4.90 Å². The van der Waals surface area contributed by atoms with Crippen LogP contribution in [0.4, 0.5) is 0 Å². The predicted octanol–water partition coefficient (Wildman–Crippen LogP) is 8.04. The van der Waals surface area contributed by atoms with Crippen LogP contribution in [0.1, 0.15) is 150 Å². The number of rotatable bonds is 9. The van der Waals surface area contributed by atoms with Crippen LogP contribution in [0.5, 0.6) is 5.75 Å². The highest BCUT2D eigenvalue weighted by Gasteiger charge is 2.33. The van der Waals surface area contributed by atoms with Crippen molar-refractivity contribution >= 4 is 20.2 Å². The topological polar surface area (TPSA) is 101 Å². The highest BCUT2D eigenvalue weighted by Crippen LogP contribution is 2.46. The summed E-state index contributed by atoms with van der Waals surface area (Å²) >= 11 is 0. The zero-order valence-electron chi connectivity index (χ0n) is 24.1. The first-order valence-electron chi connectivity index (χ1n) is 14.5. The minimum atomic E-state index is -4.76. The first kappa shape index (κ1) is 30.1. The molecule has 0 unspecified atom stereocenters. The lowest BCUT2D eigenvalue weighted by atomic mass is 9.89. The van der Waals surface area contributed by atoms with Gasteiger partial charge in [-0.05, 0) is 95.2 Å². The highest BCUT2D eigenvalue weighted by atomic mass is 32.2. The quantitative estimate of drug-likeness (QED) is 0.221. The summed E-state index contributed by atoms with van der Waals surface area (Å²) in [6.45, 7) is 12.1. The molecule has 8 heteroatoms. The monoisotopic (exact) mass is 575 g/mol. The van der Waals surface area contributed by atoms with E-state index in [9.17, 15) is 21.4 Å². The highest BCUT2D eigenvalue weighted by molar-refractivity contribution is 7.87. The molecule has 0 heterocycles. The molecule has 0 atom stereocenters. The normalized spacial score (nSPS) is 17.7. The van der Waals surface area contributed by atoms with Gasteiger partial charge in [-0.1, -0.05) is 79.4 Å². The molecular weight excluding hydrogens is 532 g/mol. The van der Waals surface area contributed by atoms with Crippen molar-refractivity contribution in [1.29, 1.82) is 0 Å². The molecule has 0 spiro atoms. The van der Waals surface area contributed by atoms with Gasteiger partial charge in [0.2, 0.25) is 0 Å². The summed E-state index contributed by atoms with van der Waals surface area (Å²) in [5, 5.41) is 0. The molecule has 2 aromatic carbocycles. The molecule has 0 saturated heterocycles. The van der Waals surface area contributed by atoms with Crippen LogP contribution in [-0.4, -0.2) is 21.4 Å². The molecule has 2 saturated carbocycles. The summed E-state index contributed by atoms with van der Waals surface area (Å²) in [6, 6.07) is 6.98. The second-order valence-corrected chi connectivity index (χ2v) is 15.2. The lowest BCUT2D eigenvalue weighted by molar-refractivity contribution is 0.457. The molecule has 0 N–H and O–H groups in total. The van der Waals surface area contributed by atoms with Crippen molar-refractivity contribution in [3.8, 4) is 5.75 Å². The zero-order chi connectivity index (χ0) is 28.7. The third-order valence-electron chi connectivity index (χ3n) is 8.50. The van der Waals surface area contributed by atoms with Gasteiger partial charge >= 0.3 is 10.1 Å². The van der Waals surface area contributed by atoms with Crippen molar-refractivity contribution in [2.75, 3.05) is 0 Å². The van der Waals surface area contributed by atoms with E-state index in [-0.39, 0.29) is 45.1 Å². The van der Waals surface area contributed by atoms with Crippen LogP contribution in [0.2, 0.25) is 0 Å². The van der Waals surface area contributed by atoms with E-state index in [4.69, 9.17) is 4.18 Å². The summed E-state index contributed by atoms with van der Waals surface area (Å²) in [4.78, 5) is 0.0559. The summed E-state index contributed by atoms with van der Waals surface area (Å²) in [7, 11) is -9.02. The number of hydrogen-bond donors (Lipinski definition) is 0. The van der Waals surface area contributed by atoms with Crippen LogP contribution in [0.15, 0.2) is 34.1 Å². The van der Waals surface area contributed by atoms with Gasteiger partial charge in [-0.3, -0.25) is 0 Å². The molecule has 0 bridgehead atoms. The van der Waals surface area contributed by atoms with Crippen molar-refractivity contribution in [2.45, 2.75) is 132 Å². The average Bonchev–Trinajstić information content (AvgIpc) is 3.56. The van der Waals surface area contributed by atoms with Crippen LogP contribution in [0.3, 0.4) is 0 Å². The van der Waals surface area contributed by atoms with Gasteiger partial charge in [0.25, 0.3) is 0 Å². The molecular formula is C31H43O6S2-. The van der Waals surface area contributed by atoms with Gasteiger partial charge in [0.15, 0.2) is 0 Å². The molecule has 39 heavy (non-hydrogen) atoms. The molecule has 4 rings (SSSR count). The molecule has 0 amide bonds. The summed E-state index contributed by atoms with van der Waals surface area (Å²) in [6.07, 6.45) is 6.88. The maximum Gasteiger partial charge on any atom is 0.339 e. The molecule has 6 nitrogen and oxygen atoms in total. The number of hydrogen-bond acceptors (Lipinski definition) is 6. The molecule has 2 aliphatic rings. The van der Waals surface area contributed by atoms with Crippen LogP contribution in [-0.2, 0) is 20.2 Å². The molecule has 2 aliphatic carbocycles. The largest absolute Gasteiger partial charge is 0.744 e. The van der Waals surface area contributed by atoms with Crippen molar-refractivity contribution in [3.63, 3.8) is 0 Å².